The van der Waals surface area contributed by atoms with Crippen LogP contribution in [0.25, 0.3) is 0 Å². The summed E-state index contributed by atoms with van der Waals surface area (Å²) in [6, 6.07) is 0. The first-order valence-corrected chi connectivity index (χ1v) is 9.73. The van der Waals surface area contributed by atoms with E-state index in [4.69, 9.17) is 4.74 Å². The lowest BCUT2D eigenvalue weighted by atomic mass is 9.48. The summed E-state index contributed by atoms with van der Waals surface area (Å²) >= 11 is 0. The molecule has 0 amide bonds. The molecule has 0 bridgehead atoms. The van der Waals surface area contributed by atoms with E-state index in [2.05, 4.69) is 19.9 Å². The molecule has 4 aliphatic rings. The van der Waals surface area contributed by atoms with Gasteiger partial charge in [-0.25, -0.2) is 0 Å². The zero-order valence-corrected chi connectivity index (χ0v) is 15.3. The molecule has 0 aromatic rings. The minimum Gasteiger partial charge on any atom is -0.468 e. The van der Waals surface area contributed by atoms with Crippen molar-refractivity contribution in [3.63, 3.8) is 0 Å². The fourth-order valence-electron chi connectivity index (χ4n) is 6.86. The van der Waals surface area contributed by atoms with E-state index in [1.807, 2.05) is 0 Å². The molecule has 3 heteroatoms. The summed E-state index contributed by atoms with van der Waals surface area (Å²) in [5.41, 5.74) is 1.72. The van der Waals surface area contributed by atoms with Gasteiger partial charge in [-0.3, -0.25) is 9.59 Å². The molecule has 3 fully saturated rings. The highest BCUT2D eigenvalue weighted by Crippen LogP contribution is 2.64. The van der Waals surface area contributed by atoms with Crippen LogP contribution in [0.4, 0.5) is 0 Å². The molecule has 0 spiro atoms. The smallest absolute Gasteiger partial charge is 0.316 e. The lowest BCUT2D eigenvalue weighted by Crippen LogP contribution is -2.49. The monoisotopic (exact) mass is 330 g/mol. The molecular formula is C21H30O3. The van der Waals surface area contributed by atoms with Gasteiger partial charge in [-0.2, -0.15) is 0 Å². The lowest BCUT2D eigenvalue weighted by molar-refractivity contribution is -0.150. The second kappa shape index (κ2) is 5.44. The van der Waals surface area contributed by atoms with Crippen LogP contribution in [0.15, 0.2) is 11.6 Å². The second-order valence-corrected chi connectivity index (χ2v) is 9.10. The summed E-state index contributed by atoms with van der Waals surface area (Å²) in [7, 11) is 1.40. The Kier molecular flexibility index (Phi) is 3.71. The number of hydrogen-bond acceptors (Lipinski definition) is 3. The van der Waals surface area contributed by atoms with Crippen LogP contribution in [0, 0.1) is 34.5 Å². The van der Waals surface area contributed by atoms with Crippen molar-refractivity contribution in [2.24, 2.45) is 34.5 Å². The number of Topliss-reactive ketones (excluding diaryl/α,β-unsaturated/α-hetero) is 1. The molecule has 1 unspecified atom stereocenters. The van der Waals surface area contributed by atoms with Gasteiger partial charge in [0.05, 0.1) is 7.11 Å². The van der Waals surface area contributed by atoms with Crippen molar-refractivity contribution in [1.82, 2.24) is 0 Å². The Morgan fingerprint density at radius 1 is 1.17 bits per heavy atom. The molecular weight excluding hydrogens is 300 g/mol. The molecule has 0 heterocycles. The second-order valence-electron chi connectivity index (χ2n) is 9.10. The molecule has 0 aromatic carbocycles. The first-order chi connectivity index (χ1) is 11.4. The fraction of sp³-hybridized carbons (Fsp3) is 0.810. The number of allylic oxidation sites excluding steroid dienone is 2. The maximum absolute atomic E-state index is 13.0. The minimum atomic E-state index is -0.520. The number of esters is 1. The summed E-state index contributed by atoms with van der Waals surface area (Å²) in [4.78, 5) is 25.1. The predicted octanol–water partition coefficient (Wildman–Crippen LogP) is 4.31. The Balaban J connectivity index is 1.68. The third-order valence-electron chi connectivity index (χ3n) is 8.26. The average molecular weight is 330 g/mol. The number of methoxy groups -OCH3 is 1. The summed E-state index contributed by atoms with van der Waals surface area (Å²) < 4.78 is 4.93. The van der Waals surface area contributed by atoms with E-state index in [9.17, 15) is 9.59 Å². The molecule has 0 radical (unpaired) electrons. The van der Waals surface area contributed by atoms with Crippen molar-refractivity contribution in [3.8, 4) is 0 Å². The largest absolute Gasteiger partial charge is 0.468 e. The van der Waals surface area contributed by atoms with Crippen molar-refractivity contribution in [2.45, 2.75) is 65.2 Å². The predicted molar refractivity (Wildman–Crippen MR) is 92.2 cm³/mol. The highest BCUT2D eigenvalue weighted by molar-refractivity contribution is 6.03. The van der Waals surface area contributed by atoms with Crippen LogP contribution in [0.5, 0.6) is 0 Å². The molecule has 3 nitrogen and oxygen atoms in total. The van der Waals surface area contributed by atoms with Crippen LogP contribution >= 0.6 is 0 Å². The van der Waals surface area contributed by atoms with Crippen LogP contribution < -0.4 is 0 Å². The van der Waals surface area contributed by atoms with Gasteiger partial charge in [-0.1, -0.05) is 31.9 Å². The number of rotatable bonds is 1. The molecule has 0 aromatic heterocycles. The van der Waals surface area contributed by atoms with Gasteiger partial charge in [-0.15, -0.1) is 0 Å². The molecule has 0 N–H and O–H groups in total. The lowest BCUT2D eigenvalue weighted by Gasteiger charge is -2.56. The van der Waals surface area contributed by atoms with Gasteiger partial charge < -0.3 is 4.74 Å². The van der Waals surface area contributed by atoms with Crippen LogP contribution in [-0.2, 0) is 14.3 Å². The Labute approximate surface area is 145 Å². The van der Waals surface area contributed by atoms with E-state index in [1.54, 1.807) is 5.57 Å². The fourth-order valence-corrected chi connectivity index (χ4v) is 6.86. The number of carbonyl (C=O) groups excluding carboxylic acids is 2. The zero-order valence-electron chi connectivity index (χ0n) is 15.3. The standard InChI is InChI=1S/C21H30O3/c1-20-10-5-4-6-13(20)7-8-14-16(20)9-11-21(2)17(14)12-15(18(21)22)19(23)24-3/h7,14-17H,4-6,8-12H2,1-3H3/t14-,15?,16-,17+,20+,21+/m1/s1. The van der Waals surface area contributed by atoms with Crippen molar-refractivity contribution < 1.29 is 14.3 Å². The van der Waals surface area contributed by atoms with Gasteiger partial charge in [0.1, 0.15) is 5.92 Å². The topological polar surface area (TPSA) is 43.4 Å². The molecule has 0 saturated heterocycles. The van der Waals surface area contributed by atoms with Gasteiger partial charge in [0.15, 0.2) is 5.78 Å². The van der Waals surface area contributed by atoms with E-state index in [-0.39, 0.29) is 17.2 Å². The number of carbonyl (C=O) groups is 2. The van der Waals surface area contributed by atoms with Crippen molar-refractivity contribution in [1.29, 1.82) is 0 Å². The third-order valence-corrected chi connectivity index (χ3v) is 8.26. The number of fused-ring (bicyclic) bond motifs is 5. The summed E-state index contributed by atoms with van der Waals surface area (Å²) in [6.45, 7) is 4.60. The van der Waals surface area contributed by atoms with E-state index in [1.165, 1.54) is 32.8 Å². The summed E-state index contributed by atoms with van der Waals surface area (Å²) in [6.07, 6.45) is 11.7. The van der Waals surface area contributed by atoms with Crippen LogP contribution in [-0.4, -0.2) is 18.9 Å². The van der Waals surface area contributed by atoms with E-state index < -0.39 is 5.92 Å². The van der Waals surface area contributed by atoms with Crippen LogP contribution in [0.3, 0.4) is 0 Å². The van der Waals surface area contributed by atoms with E-state index >= 15 is 0 Å². The first kappa shape index (κ1) is 16.4. The normalized spacial score (nSPS) is 47.3. The maximum atomic E-state index is 13.0. The molecule has 3 saturated carbocycles. The third kappa shape index (κ3) is 2.02. The molecule has 6 atom stereocenters. The van der Waals surface area contributed by atoms with Gasteiger partial charge in [0.2, 0.25) is 0 Å². The molecule has 4 rings (SSSR count). The van der Waals surface area contributed by atoms with Crippen molar-refractivity contribution in [2.75, 3.05) is 7.11 Å². The van der Waals surface area contributed by atoms with Crippen molar-refractivity contribution in [3.05, 3.63) is 11.6 Å². The van der Waals surface area contributed by atoms with Crippen LogP contribution in [0.1, 0.15) is 65.2 Å². The van der Waals surface area contributed by atoms with E-state index in [0.717, 1.165) is 19.3 Å². The highest BCUT2D eigenvalue weighted by atomic mass is 16.5. The quantitative estimate of drug-likeness (QED) is 0.409. The van der Waals surface area contributed by atoms with Gasteiger partial charge in [-0.05, 0) is 68.1 Å². The average Bonchev–Trinajstić information content (AvgIpc) is 2.85. The number of ether oxygens (including phenoxy) is 1. The van der Waals surface area contributed by atoms with Gasteiger partial charge in [0.25, 0.3) is 0 Å². The summed E-state index contributed by atoms with van der Waals surface area (Å²) in [5.74, 6) is 0.927. The Bertz CT molecular complexity index is 606. The zero-order chi connectivity index (χ0) is 17.1. The minimum absolute atomic E-state index is 0.154. The first-order valence-electron chi connectivity index (χ1n) is 9.73. The molecule has 4 aliphatic carbocycles. The van der Waals surface area contributed by atoms with Crippen LogP contribution in [0.2, 0.25) is 0 Å². The summed E-state index contributed by atoms with van der Waals surface area (Å²) in [5, 5.41) is 0. The highest BCUT2D eigenvalue weighted by Gasteiger charge is 2.62. The SMILES string of the molecule is COC(=O)C1C[C@H]2[C@@H]3CC=C4CCCC[C@]4(C)[C@@H]3CC[C@]2(C)C1=O. The number of ketones is 1. The molecule has 132 valence electrons. The molecule has 24 heavy (non-hydrogen) atoms. The Morgan fingerprint density at radius 3 is 2.71 bits per heavy atom. The van der Waals surface area contributed by atoms with Gasteiger partial charge in [0, 0.05) is 5.41 Å². The maximum Gasteiger partial charge on any atom is 0.316 e. The van der Waals surface area contributed by atoms with E-state index in [0.29, 0.717) is 29.6 Å². The van der Waals surface area contributed by atoms with Crippen molar-refractivity contribution >= 4 is 11.8 Å². The number of hydrogen-bond donors (Lipinski definition) is 0. The molecule has 0 aliphatic heterocycles. The Morgan fingerprint density at radius 2 is 1.96 bits per heavy atom. The Hall–Kier alpha value is -1.12. The van der Waals surface area contributed by atoms with Gasteiger partial charge >= 0.3 is 5.97 Å².